The molecule has 1 aromatic heterocycles. The maximum atomic E-state index is 4.46. The van der Waals surface area contributed by atoms with Crippen molar-refractivity contribution < 1.29 is 0 Å². The Bertz CT molecular complexity index is 554. The molecule has 21 heavy (non-hydrogen) atoms. The number of rotatable bonds is 7. The lowest BCUT2D eigenvalue weighted by atomic mass is 10.1. The van der Waals surface area contributed by atoms with Gasteiger partial charge in [-0.15, -0.1) is 0 Å². The molecule has 0 saturated carbocycles. The largest absolute Gasteiger partial charge is 0.370 e. The molecule has 4 heteroatoms. The van der Waals surface area contributed by atoms with Gasteiger partial charge in [-0.25, -0.2) is 9.97 Å². The van der Waals surface area contributed by atoms with Crippen molar-refractivity contribution >= 4 is 11.6 Å². The Balaban J connectivity index is 1.99. The Morgan fingerprint density at radius 3 is 2.52 bits per heavy atom. The second kappa shape index (κ2) is 7.62. The van der Waals surface area contributed by atoms with Crippen LogP contribution >= 0.6 is 0 Å². The molecule has 2 rings (SSSR count). The van der Waals surface area contributed by atoms with E-state index in [1.165, 1.54) is 5.56 Å². The summed E-state index contributed by atoms with van der Waals surface area (Å²) in [6.07, 6.45) is 2.05. The van der Waals surface area contributed by atoms with Crippen molar-refractivity contribution in [3.05, 3.63) is 47.8 Å². The van der Waals surface area contributed by atoms with Crippen LogP contribution in [0, 0.1) is 6.92 Å². The first-order chi connectivity index (χ1) is 10.2. The standard InChI is InChI=1S/C17H24N4/c1-4-10-18-16-12-17(21-14(3)20-16)19-13(2)11-15-8-6-5-7-9-15/h5-9,12-13H,4,10-11H2,1-3H3,(H2,18,19,20,21). The monoisotopic (exact) mass is 284 g/mol. The average molecular weight is 284 g/mol. The van der Waals surface area contributed by atoms with E-state index in [0.717, 1.165) is 36.8 Å². The van der Waals surface area contributed by atoms with Gasteiger partial charge in [-0.3, -0.25) is 0 Å². The fourth-order valence-electron chi connectivity index (χ4n) is 2.26. The Morgan fingerprint density at radius 1 is 1.10 bits per heavy atom. The van der Waals surface area contributed by atoms with Crippen LogP contribution in [0.15, 0.2) is 36.4 Å². The maximum Gasteiger partial charge on any atom is 0.132 e. The van der Waals surface area contributed by atoms with E-state index in [0.29, 0.717) is 6.04 Å². The normalized spacial score (nSPS) is 12.0. The number of nitrogens with zero attached hydrogens (tertiary/aromatic N) is 2. The Labute approximate surface area is 127 Å². The van der Waals surface area contributed by atoms with Gasteiger partial charge < -0.3 is 10.6 Å². The highest BCUT2D eigenvalue weighted by molar-refractivity contribution is 5.48. The van der Waals surface area contributed by atoms with Crippen LogP contribution in [0.2, 0.25) is 0 Å². The molecule has 0 saturated heterocycles. The average Bonchev–Trinajstić information content (AvgIpc) is 2.45. The SMILES string of the molecule is CCCNc1cc(NC(C)Cc2ccccc2)nc(C)n1. The molecule has 2 aromatic rings. The van der Waals surface area contributed by atoms with Gasteiger partial charge in [0, 0.05) is 18.7 Å². The first-order valence-corrected chi connectivity index (χ1v) is 7.57. The third-order valence-corrected chi connectivity index (χ3v) is 3.17. The predicted molar refractivity (Wildman–Crippen MR) is 88.8 cm³/mol. The van der Waals surface area contributed by atoms with Crippen molar-refractivity contribution in [2.75, 3.05) is 17.2 Å². The van der Waals surface area contributed by atoms with Gasteiger partial charge >= 0.3 is 0 Å². The smallest absolute Gasteiger partial charge is 0.132 e. The first-order valence-electron chi connectivity index (χ1n) is 7.57. The van der Waals surface area contributed by atoms with Crippen molar-refractivity contribution in [3.8, 4) is 0 Å². The van der Waals surface area contributed by atoms with Crippen LogP contribution in [0.1, 0.15) is 31.7 Å². The third-order valence-electron chi connectivity index (χ3n) is 3.17. The van der Waals surface area contributed by atoms with Gasteiger partial charge in [0.2, 0.25) is 0 Å². The molecule has 0 amide bonds. The van der Waals surface area contributed by atoms with Gasteiger partial charge in [0.05, 0.1) is 0 Å². The molecule has 1 unspecified atom stereocenters. The van der Waals surface area contributed by atoms with Gasteiger partial charge in [-0.2, -0.15) is 0 Å². The molecular weight excluding hydrogens is 260 g/mol. The number of benzene rings is 1. The minimum atomic E-state index is 0.320. The number of anilines is 2. The van der Waals surface area contributed by atoms with E-state index in [1.54, 1.807) is 0 Å². The summed E-state index contributed by atoms with van der Waals surface area (Å²) in [6, 6.07) is 12.8. The number of hydrogen-bond donors (Lipinski definition) is 2. The van der Waals surface area contributed by atoms with E-state index in [-0.39, 0.29) is 0 Å². The lowest BCUT2D eigenvalue weighted by Crippen LogP contribution is -2.19. The highest BCUT2D eigenvalue weighted by Crippen LogP contribution is 2.13. The number of aromatic nitrogens is 2. The lowest BCUT2D eigenvalue weighted by molar-refractivity contribution is 0.782. The van der Waals surface area contributed by atoms with Crippen LogP contribution < -0.4 is 10.6 Å². The van der Waals surface area contributed by atoms with E-state index in [2.05, 4.69) is 58.7 Å². The number of nitrogens with one attached hydrogen (secondary N) is 2. The summed E-state index contributed by atoms with van der Waals surface area (Å²) >= 11 is 0. The number of hydrogen-bond acceptors (Lipinski definition) is 4. The summed E-state index contributed by atoms with van der Waals surface area (Å²) < 4.78 is 0. The summed E-state index contributed by atoms with van der Waals surface area (Å²) in [7, 11) is 0. The zero-order valence-electron chi connectivity index (χ0n) is 13.1. The fraction of sp³-hybridized carbons (Fsp3) is 0.412. The predicted octanol–water partition coefficient (Wildman–Crippen LogP) is 3.65. The van der Waals surface area contributed by atoms with Crippen molar-refractivity contribution in [2.45, 2.75) is 39.7 Å². The van der Waals surface area contributed by atoms with E-state index >= 15 is 0 Å². The highest BCUT2D eigenvalue weighted by atomic mass is 15.1. The van der Waals surface area contributed by atoms with Crippen LogP contribution in [0.25, 0.3) is 0 Å². The topological polar surface area (TPSA) is 49.8 Å². The van der Waals surface area contributed by atoms with Gasteiger partial charge in [-0.05, 0) is 32.3 Å². The van der Waals surface area contributed by atoms with Crippen LogP contribution in [0.3, 0.4) is 0 Å². The van der Waals surface area contributed by atoms with E-state index in [9.17, 15) is 0 Å². The minimum absolute atomic E-state index is 0.320. The fourth-order valence-corrected chi connectivity index (χ4v) is 2.26. The van der Waals surface area contributed by atoms with Crippen LogP contribution in [0.5, 0.6) is 0 Å². The molecule has 0 aliphatic rings. The maximum absolute atomic E-state index is 4.46. The molecule has 0 fully saturated rings. The molecule has 0 aliphatic heterocycles. The molecule has 4 nitrogen and oxygen atoms in total. The van der Waals surface area contributed by atoms with Gasteiger partial charge in [0.25, 0.3) is 0 Å². The quantitative estimate of drug-likeness (QED) is 0.815. The first kappa shape index (κ1) is 15.3. The second-order valence-electron chi connectivity index (χ2n) is 5.35. The van der Waals surface area contributed by atoms with Crippen LogP contribution in [-0.4, -0.2) is 22.6 Å². The molecular formula is C17H24N4. The van der Waals surface area contributed by atoms with Gasteiger partial charge in [0.1, 0.15) is 17.5 Å². The summed E-state index contributed by atoms with van der Waals surface area (Å²) in [5.74, 6) is 2.55. The van der Waals surface area contributed by atoms with Crippen LogP contribution in [0.4, 0.5) is 11.6 Å². The van der Waals surface area contributed by atoms with E-state index in [1.807, 2.05) is 19.1 Å². The molecule has 112 valence electrons. The van der Waals surface area contributed by atoms with Gasteiger partial charge in [-0.1, -0.05) is 37.3 Å². The summed E-state index contributed by atoms with van der Waals surface area (Å²) in [6.45, 7) is 7.16. The van der Waals surface area contributed by atoms with Crippen molar-refractivity contribution in [3.63, 3.8) is 0 Å². The van der Waals surface area contributed by atoms with Gasteiger partial charge in [0.15, 0.2) is 0 Å². The molecule has 0 bridgehead atoms. The van der Waals surface area contributed by atoms with E-state index in [4.69, 9.17) is 0 Å². The van der Waals surface area contributed by atoms with Crippen molar-refractivity contribution in [1.82, 2.24) is 9.97 Å². The molecule has 2 N–H and O–H groups in total. The molecule has 1 atom stereocenters. The summed E-state index contributed by atoms with van der Waals surface area (Å²) in [4.78, 5) is 8.86. The summed E-state index contributed by atoms with van der Waals surface area (Å²) in [5, 5.41) is 6.76. The second-order valence-corrected chi connectivity index (χ2v) is 5.35. The minimum Gasteiger partial charge on any atom is -0.370 e. The van der Waals surface area contributed by atoms with Crippen molar-refractivity contribution in [2.24, 2.45) is 0 Å². The van der Waals surface area contributed by atoms with E-state index < -0.39 is 0 Å². The van der Waals surface area contributed by atoms with Crippen molar-refractivity contribution in [1.29, 1.82) is 0 Å². The summed E-state index contributed by atoms with van der Waals surface area (Å²) in [5.41, 5.74) is 1.33. The Morgan fingerprint density at radius 2 is 1.81 bits per heavy atom. The molecule has 1 aromatic carbocycles. The zero-order valence-corrected chi connectivity index (χ0v) is 13.1. The number of aryl methyl sites for hydroxylation is 1. The molecule has 0 aliphatic carbocycles. The molecule has 0 spiro atoms. The van der Waals surface area contributed by atoms with Crippen LogP contribution in [-0.2, 0) is 6.42 Å². The zero-order chi connectivity index (χ0) is 15.1. The Kier molecular flexibility index (Phi) is 5.55. The lowest BCUT2D eigenvalue weighted by Gasteiger charge is -2.16. The highest BCUT2D eigenvalue weighted by Gasteiger charge is 2.06. The molecule has 1 heterocycles. The third kappa shape index (κ3) is 5.06. The Hall–Kier alpha value is -2.10. The molecule has 0 radical (unpaired) electrons.